The van der Waals surface area contributed by atoms with E-state index in [1.807, 2.05) is 42.5 Å². The molecule has 1 aromatic carbocycles. The predicted octanol–water partition coefficient (Wildman–Crippen LogP) is 3.65. The first-order chi connectivity index (χ1) is 14.3. The van der Waals surface area contributed by atoms with E-state index >= 15 is 0 Å². The van der Waals surface area contributed by atoms with Gasteiger partial charge in [0.2, 0.25) is 5.88 Å². The van der Waals surface area contributed by atoms with Gasteiger partial charge in [-0.2, -0.15) is 0 Å². The normalized spacial score (nSPS) is 13.3. The smallest absolute Gasteiger partial charge is 0.274 e. The zero-order valence-electron chi connectivity index (χ0n) is 16.5. The fourth-order valence-electron chi connectivity index (χ4n) is 3.19. The van der Waals surface area contributed by atoms with E-state index in [-0.39, 0.29) is 5.91 Å². The van der Waals surface area contributed by atoms with Gasteiger partial charge in [0, 0.05) is 24.2 Å². The summed E-state index contributed by atoms with van der Waals surface area (Å²) in [5.74, 6) is 0.673. The summed E-state index contributed by atoms with van der Waals surface area (Å²) in [7, 11) is 0. The summed E-state index contributed by atoms with van der Waals surface area (Å²) in [4.78, 5) is 17.2. The van der Waals surface area contributed by atoms with Gasteiger partial charge in [-0.25, -0.2) is 9.67 Å². The Morgan fingerprint density at radius 2 is 2.03 bits per heavy atom. The number of benzene rings is 1. The second kappa shape index (κ2) is 8.86. The first-order valence-corrected chi connectivity index (χ1v) is 10.1. The molecule has 0 saturated heterocycles. The van der Waals surface area contributed by atoms with Crippen LogP contribution in [0.4, 0.5) is 0 Å². The van der Waals surface area contributed by atoms with Crippen LogP contribution in [0.3, 0.4) is 0 Å². The van der Waals surface area contributed by atoms with Gasteiger partial charge < -0.3 is 10.1 Å². The van der Waals surface area contributed by atoms with Crippen LogP contribution in [0.15, 0.2) is 48.7 Å². The third kappa shape index (κ3) is 4.45. The third-order valence-electron chi connectivity index (χ3n) is 4.91. The van der Waals surface area contributed by atoms with Gasteiger partial charge in [0.05, 0.1) is 18.0 Å². The van der Waals surface area contributed by atoms with Crippen molar-refractivity contribution in [1.29, 1.82) is 0 Å². The van der Waals surface area contributed by atoms with Gasteiger partial charge in [0.25, 0.3) is 5.91 Å². The van der Waals surface area contributed by atoms with Gasteiger partial charge in [0.15, 0.2) is 5.69 Å². The van der Waals surface area contributed by atoms with Crippen LogP contribution in [0.25, 0.3) is 5.69 Å². The van der Waals surface area contributed by atoms with Crippen molar-refractivity contribution in [3.63, 3.8) is 0 Å². The summed E-state index contributed by atoms with van der Waals surface area (Å²) in [6, 6.07) is 13.6. The van der Waals surface area contributed by atoms with Crippen LogP contribution in [0.2, 0.25) is 0 Å². The summed E-state index contributed by atoms with van der Waals surface area (Å²) in [5, 5.41) is 11.4. The van der Waals surface area contributed by atoms with E-state index in [0.29, 0.717) is 30.6 Å². The number of rotatable bonds is 9. The Balaban J connectivity index is 1.50. The van der Waals surface area contributed by atoms with Crippen molar-refractivity contribution in [3.05, 3.63) is 65.6 Å². The molecule has 1 amide bonds. The van der Waals surface area contributed by atoms with Crippen LogP contribution in [0.5, 0.6) is 5.88 Å². The lowest BCUT2D eigenvalue weighted by molar-refractivity contribution is 0.0944. The fraction of sp³-hybridized carbons (Fsp3) is 0.364. The van der Waals surface area contributed by atoms with Crippen LogP contribution in [0.1, 0.15) is 60.3 Å². The number of carbonyl (C=O) groups excluding carboxylic acids is 1. The molecule has 0 atom stereocenters. The zero-order chi connectivity index (χ0) is 20.1. The summed E-state index contributed by atoms with van der Waals surface area (Å²) in [6.07, 6.45) is 5.83. The van der Waals surface area contributed by atoms with Gasteiger partial charge in [0.1, 0.15) is 0 Å². The number of nitrogens with one attached hydrogen (secondary N) is 1. The first kappa shape index (κ1) is 19.1. The number of ether oxygens (including phenoxy) is 1. The highest BCUT2D eigenvalue weighted by Gasteiger charge is 2.34. The molecule has 1 N–H and O–H groups in total. The van der Waals surface area contributed by atoms with Crippen molar-refractivity contribution in [2.45, 2.75) is 45.1 Å². The second-order valence-electron chi connectivity index (χ2n) is 7.20. The zero-order valence-corrected chi connectivity index (χ0v) is 16.5. The van der Waals surface area contributed by atoms with Crippen molar-refractivity contribution in [1.82, 2.24) is 25.3 Å². The molecule has 2 heterocycles. The number of nitrogens with zero attached hydrogens (tertiary/aromatic N) is 4. The van der Waals surface area contributed by atoms with Crippen molar-refractivity contribution in [3.8, 4) is 11.6 Å². The van der Waals surface area contributed by atoms with Crippen molar-refractivity contribution >= 4 is 5.91 Å². The highest BCUT2D eigenvalue weighted by atomic mass is 16.5. The maximum atomic E-state index is 12.9. The average molecular weight is 391 g/mol. The molecule has 0 unspecified atom stereocenters. The third-order valence-corrected chi connectivity index (χ3v) is 4.91. The molecular formula is C22H25N5O2. The van der Waals surface area contributed by atoms with E-state index in [2.05, 4.69) is 27.5 Å². The molecule has 3 aromatic rings. The number of hydrogen-bond acceptors (Lipinski definition) is 5. The van der Waals surface area contributed by atoms with Gasteiger partial charge in [-0.15, -0.1) is 5.10 Å². The molecule has 29 heavy (non-hydrogen) atoms. The van der Waals surface area contributed by atoms with Crippen LogP contribution < -0.4 is 10.1 Å². The van der Waals surface area contributed by atoms with Crippen molar-refractivity contribution in [2.75, 3.05) is 6.61 Å². The maximum absolute atomic E-state index is 12.9. The van der Waals surface area contributed by atoms with E-state index in [4.69, 9.17) is 4.74 Å². The van der Waals surface area contributed by atoms with Crippen LogP contribution in [-0.2, 0) is 6.54 Å². The number of aromatic nitrogens is 4. The molecular weight excluding hydrogens is 366 g/mol. The lowest BCUT2D eigenvalue weighted by Gasteiger charge is -2.11. The maximum Gasteiger partial charge on any atom is 0.274 e. The average Bonchev–Trinajstić information content (AvgIpc) is 3.51. The lowest BCUT2D eigenvalue weighted by Crippen LogP contribution is -2.25. The fourth-order valence-corrected chi connectivity index (χ4v) is 3.19. The Hall–Kier alpha value is -3.22. The molecule has 4 rings (SSSR count). The van der Waals surface area contributed by atoms with E-state index in [0.717, 1.165) is 42.6 Å². The number of amides is 1. The molecule has 2 aromatic heterocycles. The molecule has 0 radical (unpaired) electrons. The Labute approximate surface area is 170 Å². The molecule has 0 bridgehead atoms. The standard InChI is InChI=1S/C22H25N5O2/c1-2-3-14-29-22-17(8-7-13-23-22)15-24-21(28)19-20(16-11-12-16)27(26-25-19)18-9-5-4-6-10-18/h4-10,13,16H,2-3,11-12,14-15H2,1H3,(H,24,28). The summed E-state index contributed by atoms with van der Waals surface area (Å²) in [5.41, 5.74) is 3.05. The molecule has 7 heteroatoms. The quantitative estimate of drug-likeness (QED) is 0.563. The van der Waals surface area contributed by atoms with Crippen LogP contribution in [0, 0.1) is 0 Å². The Morgan fingerprint density at radius 1 is 1.21 bits per heavy atom. The number of para-hydroxylation sites is 1. The van der Waals surface area contributed by atoms with E-state index < -0.39 is 0 Å². The first-order valence-electron chi connectivity index (χ1n) is 10.1. The molecule has 1 fully saturated rings. The minimum Gasteiger partial charge on any atom is -0.477 e. The topological polar surface area (TPSA) is 81.9 Å². The SMILES string of the molecule is CCCCOc1ncccc1CNC(=O)c1nnn(-c2ccccc2)c1C1CC1. The highest BCUT2D eigenvalue weighted by Crippen LogP contribution is 2.41. The minimum atomic E-state index is -0.225. The highest BCUT2D eigenvalue weighted by molar-refractivity contribution is 5.93. The summed E-state index contributed by atoms with van der Waals surface area (Å²) < 4.78 is 7.54. The number of pyridine rings is 1. The molecule has 1 aliphatic carbocycles. The van der Waals surface area contributed by atoms with E-state index in [1.54, 1.807) is 10.9 Å². The van der Waals surface area contributed by atoms with Gasteiger partial charge in [-0.1, -0.05) is 42.8 Å². The largest absolute Gasteiger partial charge is 0.477 e. The summed E-state index contributed by atoms with van der Waals surface area (Å²) >= 11 is 0. The van der Waals surface area contributed by atoms with Gasteiger partial charge in [-0.3, -0.25) is 4.79 Å². The molecule has 0 spiro atoms. The Kier molecular flexibility index (Phi) is 5.84. The molecule has 0 aliphatic heterocycles. The Bertz CT molecular complexity index is 966. The van der Waals surface area contributed by atoms with Crippen molar-refractivity contribution in [2.24, 2.45) is 0 Å². The minimum absolute atomic E-state index is 0.225. The summed E-state index contributed by atoms with van der Waals surface area (Å²) in [6.45, 7) is 3.06. The second-order valence-corrected chi connectivity index (χ2v) is 7.20. The monoisotopic (exact) mass is 391 g/mol. The van der Waals surface area contributed by atoms with E-state index in [1.165, 1.54) is 0 Å². The lowest BCUT2D eigenvalue weighted by atomic mass is 10.2. The molecule has 1 saturated carbocycles. The molecule has 7 nitrogen and oxygen atoms in total. The van der Waals surface area contributed by atoms with E-state index in [9.17, 15) is 4.79 Å². The molecule has 150 valence electrons. The van der Waals surface area contributed by atoms with Gasteiger partial charge in [-0.05, 0) is 37.5 Å². The predicted molar refractivity (Wildman–Crippen MR) is 109 cm³/mol. The van der Waals surface area contributed by atoms with Crippen LogP contribution in [-0.4, -0.2) is 32.5 Å². The molecule has 1 aliphatic rings. The number of carbonyl (C=O) groups is 1. The van der Waals surface area contributed by atoms with Crippen molar-refractivity contribution < 1.29 is 9.53 Å². The number of unbranched alkanes of at least 4 members (excludes halogenated alkanes) is 1. The Morgan fingerprint density at radius 3 is 2.79 bits per heavy atom. The van der Waals surface area contributed by atoms with Crippen LogP contribution >= 0.6 is 0 Å². The number of hydrogen-bond donors (Lipinski definition) is 1. The van der Waals surface area contributed by atoms with Gasteiger partial charge >= 0.3 is 0 Å².